The van der Waals surface area contributed by atoms with Crippen LogP contribution in [0.2, 0.25) is 0 Å². The molecule has 0 N–H and O–H groups in total. The molecule has 0 amide bonds. The summed E-state index contributed by atoms with van der Waals surface area (Å²) in [6, 6.07) is 14.3. The molecule has 0 atom stereocenters. The summed E-state index contributed by atoms with van der Waals surface area (Å²) in [4.78, 5) is 0. The number of rotatable bonds is 5. The molecule has 5 nitrogen and oxygen atoms in total. The van der Waals surface area contributed by atoms with E-state index in [0.29, 0.717) is 37.8 Å². The monoisotopic (exact) mass is 368 g/mol. The minimum absolute atomic E-state index is 0.201. The number of aryl methyl sites for hydroxylation is 1. The molecule has 0 unspecified atom stereocenters. The highest BCUT2D eigenvalue weighted by molar-refractivity contribution is 5.33. The second kappa shape index (κ2) is 7.48. The lowest BCUT2D eigenvalue weighted by Crippen LogP contribution is -2.35. The van der Waals surface area contributed by atoms with Gasteiger partial charge in [-0.1, -0.05) is 24.3 Å². The fourth-order valence-corrected chi connectivity index (χ4v) is 3.47. The fraction of sp³-hybridized carbons (Fsp3) is 0.333. The van der Waals surface area contributed by atoms with Gasteiger partial charge in [0.1, 0.15) is 11.6 Å². The molecule has 1 fully saturated rings. The van der Waals surface area contributed by atoms with Gasteiger partial charge < -0.3 is 13.9 Å². The third kappa shape index (κ3) is 3.71. The summed E-state index contributed by atoms with van der Waals surface area (Å²) in [6.45, 7) is 3.39. The maximum absolute atomic E-state index is 13.4. The first-order valence-electron chi connectivity index (χ1n) is 9.02. The Bertz CT molecular complexity index is 902. The third-order valence-electron chi connectivity index (χ3n) is 4.97. The normalized spacial score (nSPS) is 16.2. The van der Waals surface area contributed by atoms with E-state index in [4.69, 9.17) is 13.9 Å². The molecule has 140 valence electrons. The van der Waals surface area contributed by atoms with Gasteiger partial charge in [-0.3, -0.25) is 0 Å². The maximum Gasteiger partial charge on any atom is 0.253 e. The molecule has 0 saturated carbocycles. The second-order valence-corrected chi connectivity index (χ2v) is 6.81. The van der Waals surface area contributed by atoms with Crippen molar-refractivity contribution < 1.29 is 18.3 Å². The van der Waals surface area contributed by atoms with E-state index in [-0.39, 0.29) is 12.4 Å². The van der Waals surface area contributed by atoms with Crippen molar-refractivity contribution >= 4 is 0 Å². The predicted octanol–water partition coefficient (Wildman–Crippen LogP) is 4.19. The lowest BCUT2D eigenvalue weighted by Gasteiger charge is -2.34. The Labute approximate surface area is 157 Å². The summed E-state index contributed by atoms with van der Waals surface area (Å²) < 4.78 is 30.6. The van der Waals surface area contributed by atoms with Gasteiger partial charge in [-0.2, -0.15) is 0 Å². The molecule has 3 aromatic rings. The number of hydrogen-bond acceptors (Lipinski definition) is 5. The van der Waals surface area contributed by atoms with Crippen LogP contribution in [0, 0.1) is 12.7 Å². The lowest BCUT2D eigenvalue weighted by atomic mass is 9.74. The van der Waals surface area contributed by atoms with Crippen LogP contribution in [0.25, 0.3) is 0 Å². The van der Waals surface area contributed by atoms with Crippen LogP contribution in [0.4, 0.5) is 4.39 Å². The average Bonchev–Trinajstić information content (AvgIpc) is 3.17. The Morgan fingerprint density at radius 1 is 1.07 bits per heavy atom. The smallest absolute Gasteiger partial charge is 0.253 e. The van der Waals surface area contributed by atoms with Crippen molar-refractivity contribution in [3.8, 4) is 5.75 Å². The van der Waals surface area contributed by atoms with E-state index in [1.54, 1.807) is 12.1 Å². The van der Waals surface area contributed by atoms with Gasteiger partial charge in [0.15, 0.2) is 6.61 Å². The zero-order valence-electron chi connectivity index (χ0n) is 15.2. The first kappa shape index (κ1) is 17.7. The summed E-state index contributed by atoms with van der Waals surface area (Å²) in [5.74, 6) is 1.44. The molecular weight excluding hydrogens is 347 g/mol. The van der Waals surface area contributed by atoms with Crippen molar-refractivity contribution in [3.63, 3.8) is 0 Å². The number of ether oxygens (including phenoxy) is 2. The summed E-state index contributed by atoms with van der Waals surface area (Å²) in [5, 5.41) is 8.46. The van der Waals surface area contributed by atoms with Gasteiger partial charge in [0.2, 0.25) is 5.89 Å². The number of hydrogen-bond donors (Lipinski definition) is 0. The van der Waals surface area contributed by atoms with Crippen LogP contribution in [-0.4, -0.2) is 23.4 Å². The summed E-state index contributed by atoms with van der Waals surface area (Å²) >= 11 is 0. The zero-order chi connectivity index (χ0) is 18.7. The topological polar surface area (TPSA) is 57.4 Å². The number of benzene rings is 2. The van der Waals surface area contributed by atoms with E-state index in [2.05, 4.69) is 10.2 Å². The van der Waals surface area contributed by atoms with Crippen molar-refractivity contribution in [1.82, 2.24) is 10.2 Å². The molecule has 1 aliphatic heterocycles. The van der Waals surface area contributed by atoms with Crippen LogP contribution in [0.5, 0.6) is 5.75 Å². The predicted molar refractivity (Wildman–Crippen MR) is 97.0 cm³/mol. The van der Waals surface area contributed by atoms with Gasteiger partial charge in [0.05, 0.1) is 5.41 Å². The Morgan fingerprint density at radius 2 is 1.85 bits per heavy atom. The van der Waals surface area contributed by atoms with Crippen LogP contribution >= 0.6 is 0 Å². The highest BCUT2D eigenvalue weighted by atomic mass is 19.1. The quantitative estimate of drug-likeness (QED) is 0.676. The fourth-order valence-electron chi connectivity index (χ4n) is 3.47. The van der Waals surface area contributed by atoms with E-state index in [0.717, 1.165) is 16.9 Å². The molecule has 6 heteroatoms. The van der Waals surface area contributed by atoms with Crippen LogP contribution in [0.1, 0.15) is 35.7 Å². The molecule has 2 heterocycles. The van der Waals surface area contributed by atoms with Crippen molar-refractivity contribution in [2.75, 3.05) is 13.2 Å². The molecule has 0 radical (unpaired) electrons. The largest absolute Gasteiger partial charge is 0.484 e. The van der Waals surface area contributed by atoms with E-state index in [1.807, 2.05) is 31.2 Å². The molecule has 1 aliphatic rings. The minimum Gasteiger partial charge on any atom is -0.484 e. The molecule has 2 aromatic carbocycles. The standard InChI is InChI=1S/C21H21FN2O3/c1-15-3-2-4-18(13-15)26-14-19-23-24-20(27-19)21(9-11-25-12-10-21)16-5-7-17(22)8-6-16/h2-8,13H,9-12,14H2,1H3. The van der Waals surface area contributed by atoms with E-state index in [9.17, 15) is 4.39 Å². The molecule has 4 rings (SSSR count). The van der Waals surface area contributed by atoms with E-state index < -0.39 is 5.41 Å². The van der Waals surface area contributed by atoms with Crippen molar-refractivity contribution in [2.45, 2.75) is 31.8 Å². The van der Waals surface area contributed by atoms with Gasteiger partial charge in [-0.05, 0) is 55.2 Å². The minimum atomic E-state index is -0.458. The molecular formula is C21H21FN2O3. The molecule has 27 heavy (non-hydrogen) atoms. The van der Waals surface area contributed by atoms with Crippen LogP contribution in [0.3, 0.4) is 0 Å². The van der Waals surface area contributed by atoms with Gasteiger partial charge in [-0.25, -0.2) is 4.39 Å². The van der Waals surface area contributed by atoms with Crippen molar-refractivity contribution in [3.05, 3.63) is 77.3 Å². The molecule has 1 saturated heterocycles. The number of halogens is 1. The Hall–Kier alpha value is -2.73. The van der Waals surface area contributed by atoms with Crippen LogP contribution in [0.15, 0.2) is 52.9 Å². The average molecular weight is 368 g/mol. The van der Waals surface area contributed by atoms with Crippen LogP contribution < -0.4 is 4.74 Å². The third-order valence-corrected chi connectivity index (χ3v) is 4.97. The van der Waals surface area contributed by atoms with Crippen molar-refractivity contribution in [1.29, 1.82) is 0 Å². The lowest BCUT2D eigenvalue weighted by molar-refractivity contribution is 0.0536. The Kier molecular flexibility index (Phi) is 4.90. The summed E-state index contributed by atoms with van der Waals surface area (Å²) in [5.41, 5.74) is 1.62. The summed E-state index contributed by atoms with van der Waals surface area (Å²) in [6.07, 6.45) is 1.41. The van der Waals surface area contributed by atoms with E-state index in [1.165, 1.54) is 12.1 Å². The van der Waals surface area contributed by atoms with Gasteiger partial charge in [-0.15, -0.1) is 10.2 Å². The Balaban J connectivity index is 1.57. The van der Waals surface area contributed by atoms with Gasteiger partial charge in [0, 0.05) is 13.2 Å². The second-order valence-electron chi connectivity index (χ2n) is 6.81. The molecule has 0 spiro atoms. The SMILES string of the molecule is Cc1cccc(OCc2nnc(C3(c4ccc(F)cc4)CCOCC3)o2)c1. The first-order chi connectivity index (χ1) is 13.2. The highest BCUT2D eigenvalue weighted by Crippen LogP contribution is 2.40. The molecule has 1 aromatic heterocycles. The van der Waals surface area contributed by atoms with Gasteiger partial charge in [0.25, 0.3) is 5.89 Å². The van der Waals surface area contributed by atoms with Gasteiger partial charge >= 0.3 is 0 Å². The van der Waals surface area contributed by atoms with E-state index >= 15 is 0 Å². The number of aromatic nitrogens is 2. The maximum atomic E-state index is 13.4. The number of nitrogens with zero attached hydrogens (tertiary/aromatic N) is 2. The highest BCUT2D eigenvalue weighted by Gasteiger charge is 2.41. The summed E-state index contributed by atoms with van der Waals surface area (Å²) in [7, 11) is 0. The molecule has 0 aliphatic carbocycles. The van der Waals surface area contributed by atoms with Crippen LogP contribution in [-0.2, 0) is 16.8 Å². The Morgan fingerprint density at radius 3 is 2.59 bits per heavy atom. The molecule has 0 bridgehead atoms. The first-order valence-corrected chi connectivity index (χ1v) is 9.02. The zero-order valence-corrected chi connectivity index (χ0v) is 15.2. The van der Waals surface area contributed by atoms with Crippen molar-refractivity contribution in [2.24, 2.45) is 0 Å².